The summed E-state index contributed by atoms with van der Waals surface area (Å²) in [5, 5.41) is 10.9. The first-order valence-electron chi connectivity index (χ1n) is 3.57. The van der Waals surface area contributed by atoms with Gasteiger partial charge in [0.25, 0.3) is 0 Å². The van der Waals surface area contributed by atoms with Crippen molar-refractivity contribution < 1.29 is 9.52 Å². The molecule has 1 aromatic carbocycles. The smallest absolute Gasteiger partial charge is 0.203 e. The number of thioether (sulfide) groups is 1. The van der Waals surface area contributed by atoms with Crippen molar-refractivity contribution in [3.8, 4) is 5.75 Å². The summed E-state index contributed by atoms with van der Waals surface area (Å²) in [6.07, 6.45) is 1.87. The molecule has 2 rings (SSSR count). The van der Waals surface area contributed by atoms with Crippen LogP contribution >= 0.6 is 11.8 Å². The fourth-order valence-corrected chi connectivity index (χ4v) is 1.62. The summed E-state index contributed by atoms with van der Waals surface area (Å²) in [4.78, 5) is 0. The van der Waals surface area contributed by atoms with Gasteiger partial charge in [0.15, 0.2) is 5.75 Å². The van der Waals surface area contributed by atoms with Gasteiger partial charge < -0.3 is 9.52 Å². The van der Waals surface area contributed by atoms with E-state index in [1.165, 1.54) is 11.8 Å². The highest BCUT2D eigenvalue weighted by Gasteiger charge is 2.10. The summed E-state index contributed by atoms with van der Waals surface area (Å²) < 4.78 is 5.36. The van der Waals surface area contributed by atoms with E-state index in [9.17, 15) is 5.11 Å². The molecule has 0 aliphatic rings. The zero-order chi connectivity index (χ0) is 8.55. The molecule has 0 fully saturated rings. The van der Waals surface area contributed by atoms with E-state index in [2.05, 4.69) is 0 Å². The quantitative estimate of drug-likeness (QED) is 0.685. The van der Waals surface area contributed by atoms with Crippen molar-refractivity contribution in [3.63, 3.8) is 0 Å². The molecular weight excluding hydrogens is 172 g/mol. The lowest BCUT2D eigenvalue weighted by Crippen LogP contribution is -1.62. The molecule has 3 heteroatoms. The van der Waals surface area contributed by atoms with Crippen LogP contribution in [0.2, 0.25) is 0 Å². The number of fused-ring (bicyclic) bond motifs is 1. The van der Waals surface area contributed by atoms with Crippen molar-refractivity contribution in [2.75, 3.05) is 6.26 Å². The van der Waals surface area contributed by atoms with Crippen LogP contribution in [0.5, 0.6) is 5.75 Å². The molecular formula is C9H8O2S. The number of aromatic hydroxyl groups is 1. The minimum Gasteiger partial charge on any atom is -0.503 e. The number of para-hydroxylation sites is 1. The van der Waals surface area contributed by atoms with E-state index in [0.717, 1.165) is 11.0 Å². The molecule has 0 amide bonds. The Labute approximate surface area is 74.2 Å². The monoisotopic (exact) mass is 180 g/mol. The molecule has 2 nitrogen and oxygen atoms in total. The average molecular weight is 180 g/mol. The largest absolute Gasteiger partial charge is 0.503 e. The molecule has 0 bridgehead atoms. The number of rotatable bonds is 1. The van der Waals surface area contributed by atoms with Gasteiger partial charge in [-0.1, -0.05) is 23.9 Å². The number of benzene rings is 1. The molecule has 0 atom stereocenters. The van der Waals surface area contributed by atoms with Crippen LogP contribution in [0.1, 0.15) is 0 Å². The van der Waals surface area contributed by atoms with E-state index in [0.29, 0.717) is 5.09 Å². The summed E-state index contributed by atoms with van der Waals surface area (Å²) in [6, 6.07) is 7.44. The second kappa shape index (κ2) is 2.75. The van der Waals surface area contributed by atoms with Gasteiger partial charge in [0.05, 0.1) is 5.39 Å². The lowest BCUT2D eigenvalue weighted by molar-refractivity contribution is 0.416. The molecule has 2 aromatic rings. The summed E-state index contributed by atoms with van der Waals surface area (Å²) in [7, 11) is 0. The van der Waals surface area contributed by atoms with E-state index < -0.39 is 0 Å². The number of hydrogen-bond donors (Lipinski definition) is 1. The van der Waals surface area contributed by atoms with Crippen LogP contribution < -0.4 is 0 Å². The average Bonchev–Trinajstić information content (AvgIpc) is 2.44. The van der Waals surface area contributed by atoms with Crippen molar-refractivity contribution in [2.24, 2.45) is 0 Å². The second-order valence-corrected chi connectivity index (χ2v) is 3.22. The Morgan fingerprint density at radius 1 is 1.33 bits per heavy atom. The van der Waals surface area contributed by atoms with Gasteiger partial charge in [-0.05, 0) is 18.4 Å². The third-order valence-electron chi connectivity index (χ3n) is 1.72. The van der Waals surface area contributed by atoms with Crippen molar-refractivity contribution >= 4 is 22.7 Å². The molecule has 0 unspecified atom stereocenters. The lowest BCUT2D eigenvalue weighted by atomic mass is 10.2. The van der Waals surface area contributed by atoms with Crippen molar-refractivity contribution in [2.45, 2.75) is 5.09 Å². The maximum absolute atomic E-state index is 9.57. The van der Waals surface area contributed by atoms with E-state index in [1.54, 1.807) is 0 Å². The predicted octanol–water partition coefficient (Wildman–Crippen LogP) is 2.86. The van der Waals surface area contributed by atoms with E-state index in [-0.39, 0.29) is 5.75 Å². The van der Waals surface area contributed by atoms with Crippen molar-refractivity contribution in [3.05, 3.63) is 24.3 Å². The Balaban J connectivity index is 2.78. The maximum atomic E-state index is 9.57. The number of furan rings is 1. The third-order valence-corrected chi connectivity index (χ3v) is 2.37. The molecule has 0 saturated carbocycles. The Hall–Kier alpha value is -1.09. The summed E-state index contributed by atoms with van der Waals surface area (Å²) in [5.74, 6) is 0.248. The molecule has 0 saturated heterocycles. The fraction of sp³-hybridized carbons (Fsp3) is 0.111. The molecule has 1 N–H and O–H groups in total. The lowest BCUT2D eigenvalue weighted by Gasteiger charge is -1.87. The molecule has 0 spiro atoms. The topological polar surface area (TPSA) is 33.4 Å². The van der Waals surface area contributed by atoms with E-state index in [4.69, 9.17) is 4.42 Å². The maximum Gasteiger partial charge on any atom is 0.203 e. The molecule has 0 aliphatic carbocycles. The van der Waals surface area contributed by atoms with Crippen LogP contribution in [-0.4, -0.2) is 11.4 Å². The highest BCUT2D eigenvalue weighted by Crippen LogP contribution is 2.36. The van der Waals surface area contributed by atoms with E-state index in [1.807, 2.05) is 30.5 Å². The summed E-state index contributed by atoms with van der Waals surface area (Å²) in [6.45, 7) is 0. The van der Waals surface area contributed by atoms with Gasteiger partial charge in [0, 0.05) is 0 Å². The highest BCUT2D eigenvalue weighted by molar-refractivity contribution is 7.98. The first kappa shape index (κ1) is 7.55. The Morgan fingerprint density at radius 3 is 2.75 bits per heavy atom. The van der Waals surface area contributed by atoms with Gasteiger partial charge >= 0.3 is 0 Å². The van der Waals surface area contributed by atoms with Crippen LogP contribution in [0.3, 0.4) is 0 Å². The van der Waals surface area contributed by atoms with Crippen LogP contribution in [-0.2, 0) is 0 Å². The fourth-order valence-electron chi connectivity index (χ4n) is 1.15. The van der Waals surface area contributed by atoms with Gasteiger partial charge in [0.1, 0.15) is 5.58 Å². The summed E-state index contributed by atoms with van der Waals surface area (Å²) in [5.41, 5.74) is 0.736. The normalized spacial score (nSPS) is 10.8. The SMILES string of the molecule is CSc1oc2ccccc2c1O. The molecule has 62 valence electrons. The van der Waals surface area contributed by atoms with Crippen LogP contribution in [0.15, 0.2) is 33.8 Å². The first-order chi connectivity index (χ1) is 5.83. The zero-order valence-corrected chi connectivity index (χ0v) is 7.39. The minimum absolute atomic E-state index is 0.248. The van der Waals surface area contributed by atoms with Gasteiger partial charge in [-0.25, -0.2) is 0 Å². The van der Waals surface area contributed by atoms with Crippen molar-refractivity contribution in [1.29, 1.82) is 0 Å². The second-order valence-electron chi connectivity index (χ2n) is 2.44. The zero-order valence-electron chi connectivity index (χ0n) is 6.57. The molecule has 1 heterocycles. The van der Waals surface area contributed by atoms with Crippen LogP contribution in [0.4, 0.5) is 0 Å². The third kappa shape index (κ3) is 0.975. The highest BCUT2D eigenvalue weighted by atomic mass is 32.2. The number of hydrogen-bond acceptors (Lipinski definition) is 3. The molecule has 0 aliphatic heterocycles. The van der Waals surface area contributed by atoms with Crippen LogP contribution in [0.25, 0.3) is 11.0 Å². The Bertz CT molecular complexity index is 406. The predicted molar refractivity (Wildman–Crippen MR) is 49.7 cm³/mol. The Kier molecular flexibility index (Phi) is 1.73. The van der Waals surface area contributed by atoms with Crippen LogP contribution in [0, 0.1) is 0 Å². The first-order valence-corrected chi connectivity index (χ1v) is 4.80. The van der Waals surface area contributed by atoms with Gasteiger partial charge in [-0.2, -0.15) is 0 Å². The molecule has 12 heavy (non-hydrogen) atoms. The molecule has 1 aromatic heterocycles. The summed E-state index contributed by atoms with van der Waals surface area (Å²) >= 11 is 1.40. The van der Waals surface area contributed by atoms with Crippen molar-refractivity contribution in [1.82, 2.24) is 0 Å². The van der Waals surface area contributed by atoms with E-state index >= 15 is 0 Å². The van der Waals surface area contributed by atoms with Gasteiger partial charge in [-0.3, -0.25) is 0 Å². The molecule has 0 radical (unpaired) electrons. The van der Waals surface area contributed by atoms with Gasteiger partial charge in [0.2, 0.25) is 5.09 Å². The standard InChI is InChI=1S/C9H8O2S/c1-12-9-8(10)6-4-2-3-5-7(6)11-9/h2-5,10H,1H3. The van der Waals surface area contributed by atoms with Gasteiger partial charge in [-0.15, -0.1) is 0 Å². The minimum atomic E-state index is 0.248. The Morgan fingerprint density at radius 2 is 2.08 bits per heavy atom.